The maximum absolute atomic E-state index is 12.3. The molecule has 2 N–H and O–H groups in total. The minimum Gasteiger partial charge on any atom is -0.350 e. The number of carbonyl (C=O) groups is 2. The van der Waals surface area contributed by atoms with E-state index in [4.69, 9.17) is 0 Å². The quantitative estimate of drug-likeness (QED) is 0.775. The van der Waals surface area contributed by atoms with Gasteiger partial charge in [-0.15, -0.1) is 0 Å². The largest absolute Gasteiger partial charge is 0.350 e. The molecule has 2 amide bonds. The minimum atomic E-state index is -3.13. The normalized spacial score (nSPS) is 19.6. The van der Waals surface area contributed by atoms with Crippen LogP contribution in [-0.4, -0.2) is 36.3 Å². The van der Waals surface area contributed by atoms with Crippen LogP contribution in [0.15, 0.2) is 30.5 Å². The molecule has 1 aromatic heterocycles. The second-order valence-electron chi connectivity index (χ2n) is 5.71. The van der Waals surface area contributed by atoms with Crippen LogP contribution in [0.3, 0.4) is 0 Å². The van der Waals surface area contributed by atoms with E-state index in [9.17, 15) is 18.0 Å². The van der Waals surface area contributed by atoms with E-state index >= 15 is 0 Å². The molecule has 1 fully saturated rings. The molecule has 8 heteroatoms. The van der Waals surface area contributed by atoms with Gasteiger partial charge >= 0.3 is 0 Å². The number of amides is 2. The summed E-state index contributed by atoms with van der Waals surface area (Å²) < 4.78 is 24.6. The lowest BCUT2D eigenvalue weighted by Crippen LogP contribution is -2.44. The first-order valence-corrected chi connectivity index (χ1v) is 9.04. The molecule has 1 unspecified atom stereocenters. The standard InChI is InChI=1S/C15H17N3O4S/c1-18-8-12(11-4-2-3-5-13(11)18)15(20)17-16-14(19)10-6-7-23(21,22)9-10/h2-5,8,10H,6-7,9H2,1H3,(H,16,19)(H,17,20). The topological polar surface area (TPSA) is 97.3 Å². The molecular weight excluding hydrogens is 318 g/mol. The Morgan fingerprint density at radius 3 is 2.65 bits per heavy atom. The van der Waals surface area contributed by atoms with Crippen molar-refractivity contribution in [3.63, 3.8) is 0 Å². The third-order valence-electron chi connectivity index (χ3n) is 4.04. The number of aryl methyl sites for hydroxylation is 1. The van der Waals surface area contributed by atoms with Crippen molar-refractivity contribution >= 4 is 32.6 Å². The van der Waals surface area contributed by atoms with Crippen molar-refractivity contribution in [2.24, 2.45) is 13.0 Å². The van der Waals surface area contributed by atoms with Crippen LogP contribution in [0, 0.1) is 5.92 Å². The number of fused-ring (bicyclic) bond motifs is 1. The van der Waals surface area contributed by atoms with E-state index in [1.54, 1.807) is 6.20 Å². The number of para-hydroxylation sites is 1. The van der Waals surface area contributed by atoms with Crippen LogP contribution in [0.1, 0.15) is 16.8 Å². The van der Waals surface area contributed by atoms with Gasteiger partial charge in [0.25, 0.3) is 5.91 Å². The number of nitrogens with zero attached hydrogens (tertiary/aromatic N) is 1. The lowest BCUT2D eigenvalue weighted by molar-refractivity contribution is -0.125. The lowest BCUT2D eigenvalue weighted by atomic mass is 10.1. The van der Waals surface area contributed by atoms with E-state index in [1.807, 2.05) is 35.9 Å². The summed E-state index contributed by atoms with van der Waals surface area (Å²) in [4.78, 5) is 24.2. The van der Waals surface area contributed by atoms with Gasteiger partial charge in [-0.05, 0) is 12.5 Å². The van der Waals surface area contributed by atoms with Crippen LogP contribution in [0.2, 0.25) is 0 Å². The highest BCUT2D eigenvalue weighted by Crippen LogP contribution is 2.20. The molecule has 1 atom stereocenters. The summed E-state index contributed by atoms with van der Waals surface area (Å²) >= 11 is 0. The predicted molar refractivity (Wildman–Crippen MR) is 85.3 cm³/mol. The van der Waals surface area contributed by atoms with Gasteiger partial charge in [-0.3, -0.25) is 20.4 Å². The third kappa shape index (κ3) is 3.07. The van der Waals surface area contributed by atoms with Crippen molar-refractivity contribution in [2.75, 3.05) is 11.5 Å². The molecule has 1 aliphatic rings. The highest BCUT2D eigenvalue weighted by Gasteiger charge is 2.33. The van der Waals surface area contributed by atoms with Crippen LogP contribution in [0.25, 0.3) is 10.9 Å². The number of carbonyl (C=O) groups excluding carboxylic acids is 2. The monoisotopic (exact) mass is 335 g/mol. The van der Waals surface area contributed by atoms with Crippen molar-refractivity contribution in [3.05, 3.63) is 36.0 Å². The van der Waals surface area contributed by atoms with Crippen molar-refractivity contribution in [3.8, 4) is 0 Å². The number of nitrogens with one attached hydrogen (secondary N) is 2. The summed E-state index contributed by atoms with van der Waals surface area (Å²) in [5.74, 6) is -1.66. The van der Waals surface area contributed by atoms with Crippen LogP contribution in [0.4, 0.5) is 0 Å². The molecule has 1 saturated heterocycles. The molecule has 0 bridgehead atoms. The van der Waals surface area contributed by atoms with Gasteiger partial charge in [0, 0.05) is 24.1 Å². The Bertz CT molecular complexity index is 885. The first-order chi connectivity index (χ1) is 10.9. The number of hydrogen-bond acceptors (Lipinski definition) is 4. The number of rotatable bonds is 2. The maximum atomic E-state index is 12.3. The summed E-state index contributed by atoms with van der Waals surface area (Å²) in [5, 5.41) is 0.783. The van der Waals surface area contributed by atoms with Gasteiger partial charge in [0.2, 0.25) is 5.91 Å². The van der Waals surface area contributed by atoms with Gasteiger partial charge in [0.1, 0.15) is 0 Å². The molecule has 2 heterocycles. The van der Waals surface area contributed by atoms with Crippen LogP contribution in [-0.2, 0) is 21.7 Å². The SMILES string of the molecule is Cn1cc(C(=O)NNC(=O)C2CCS(=O)(=O)C2)c2ccccc21. The van der Waals surface area contributed by atoms with Crippen LogP contribution < -0.4 is 10.9 Å². The molecule has 122 valence electrons. The highest BCUT2D eigenvalue weighted by atomic mass is 32.2. The summed E-state index contributed by atoms with van der Waals surface area (Å²) in [6, 6.07) is 7.44. The van der Waals surface area contributed by atoms with Crippen molar-refractivity contribution in [2.45, 2.75) is 6.42 Å². The Morgan fingerprint density at radius 2 is 1.96 bits per heavy atom. The fourth-order valence-electron chi connectivity index (χ4n) is 2.81. The molecular formula is C15H17N3O4S. The van der Waals surface area contributed by atoms with Crippen molar-refractivity contribution < 1.29 is 18.0 Å². The second kappa shape index (κ2) is 5.69. The molecule has 1 aliphatic heterocycles. The van der Waals surface area contributed by atoms with Gasteiger partial charge in [0.05, 0.1) is 23.0 Å². The third-order valence-corrected chi connectivity index (χ3v) is 5.81. The zero-order chi connectivity index (χ0) is 16.6. The van der Waals surface area contributed by atoms with Gasteiger partial charge in [-0.2, -0.15) is 0 Å². The number of aromatic nitrogens is 1. The Labute approximate surface area is 133 Å². The summed E-state index contributed by atoms with van der Waals surface area (Å²) in [7, 11) is -1.30. The smallest absolute Gasteiger partial charge is 0.271 e. The molecule has 0 aliphatic carbocycles. The van der Waals surface area contributed by atoms with E-state index in [0.29, 0.717) is 5.56 Å². The molecule has 0 radical (unpaired) electrons. The maximum Gasteiger partial charge on any atom is 0.271 e. The number of sulfone groups is 1. The molecule has 1 aromatic carbocycles. The van der Waals surface area contributed by atoms with E-state index in [-0.39, 0.29) is 17.9 Å². The molecule has 2 aromatic rings. The van der Waals surface area contributed by atoms with Crippen molar-refractivity contribution in [1.29, 1.82) is 0 Å². The lowest BCUT2D eigenvalue weighted by Gasteiger charge is -2.10. The van der Waals surface area contributed by atoms with Gasteiger partial charge in [0.15, 0.2) is 9.84 Å². The first-order valence-electron chi connectivity index (χ1n) is 7.22. The number of hydrazine groups is 1. The first kappa shape index (κ1) is 15.5. The van der Waals surface area contributed by atoms with E-state index in [2.05, 4.69) is 10.9 Å². The van der Waals surface area contributed by atoms with Gasteiger partial charge < -0.3 is 4.57 Å². The second-order valence-corrected chi connectivity index (χ2v) is 7.94. The number of benzene rings is 1. The van der Waals surface area contributed by atoms with Gasteiger partial charge in [-0.25, -0.2) is 8.42 Å². The van der Waals surface area contributed by atoms with E-state index < -0.39 is 27.6 Å². The number of hydrogen-bond donors (Lipinski definition) is 2. The van der Waals surface area contributed by atoms with Gasteiger partial charge in [-0.1, -0.05) is 18.2 Å². The summed E-state index contributed by atoms with van der Waals surface area (Å²) in [6.07, 6.45) is 1.98. The molecule has 3 rings (SSSR count). The van der Waals surface area contributed by atoms with Crippen LogP contribution in [0.5, 0.6) is 0 Å². The van der Waals surface area contributed by atoms with Crippen LogP contribution >= 0.6 is 0 Å². The molecule has 0 saturated carbocycles. The summed E-state index contributed by atoms with van der Waals surface area (Å²) in [5.41, 5.74) is 6.04. The fourth-order valence-corrected chi connectivity index (χ4v) is 4.55. The Morgan fingerprint density at radius 1 is 1.22 bits per heavy atom. The fraction of sp³-hybridized carbons (Fsp3) is 0.333. The average molecular weight is 335 g/mol. The highest BCUT2D eigenvalue weighted by molar-refractivity contribution is 7.91. The molecule has 23 heavy (non-hydrogen) atoms. The molecule has 0 spiro atoms. The minimum absolute atomic E-state index is 0.0162. The van der Waals surface area contributed by atoms with E-state index in [0.717, 1.165) is 10.9 Å². The zero-order valence-corrected chi connectivity index (χ0v) is 13.4. The molecule has 7 nitrogen and oxygen atoms in total. The Hall–Kier alpha value is -2.35. The predicted octanol–water partition coefficient (Wildman–Crippen LogP) is 0.374. The van der Waals surface area contributed by atoms with E-state index in [1.165, 1.54) is 0 Å². The average Bonchev–Trinajstić information content (AvgIpc) is 3.05. The Kier molecular flexibility index (Phi) is 3.85. The summed E-state index contributed by atoms with van der Waals surface area (Å²) in [6.45, 7) is 0. The van der Waals surface area contributed by atoms with Crippen molar-refractivity contribution in [1.82, 2.24) is 15.4 Å². The zero-order valence-electron chi connectivity index (χ0n) is 12.6. The Balaban J connectivity index is 1.69.